The second kappa shape index (κ2) is 82.4. The van der Waals surface area contributed by atoms with Crippen molar-refractivity contribution in [3.8, 4) is 5.75 Å². The molecule has 1 amide bonds. The molecule has 0 bridgehead atoms. The van der Waals surface area contributed by atoms with Crippen molar-refractivity contribution in [3.63, 3.8) is 0 Å². The Morgan fingerprint density at radius 3 is 1.08 bits per heavy atom. The number of carbonyl (C=O) groups is 15. The molecule has 131 heavy (non-hydrogen) atoms. The lowest BCUT2D eigenvalue weighted by Gasteiger charge is -2.11. The molecular formula is C79H143N19O32S. The van der Waals surface area contributed by atoms with Crippen LogP contribution in [0.15, 0.2) is 90.1 Å². The molecule has 15 atom stereocenters. The van der Waals surface area contributed by atoms with Crippen molar-refractivity contribution in [1.29, 1.82) is 0 Å². The maximum atomic E-state index is 10.6. The van der Waals surface area contributed by atoms with Crippen molar-refractivity contribution < 1.29 is 159 Å². The van der Waals surface area contributed by atoms with Gasteiger partial charge in [-0.3, -0.25) is 76.9 Å². The number of fused-ring (bicyclic) bond motifs is 1. The van der Waals surface area contributed by atoms with Crippen molar-refractivity contribution in [2.75, 3.05) is 31.7 Å². The summed E-state index contributed by atoms with van der Waals surface area (Å²) in [7, 11) is 0. The number of phenols is 1. The summed E-state index contributed by atoms with van der Waals surface area (Å²) in [6.45, 7) is 13.1. The highest BCUT2D eigenvalue weighted by Crippen LogP contribution is 2.19. The lowest BCUT2D eigenvalue weighted by atomic mass is 10.0. The third-order valence-electron chi connectivity index (χ3n) is 15.9. The lowest BCUT2D eigenvalue weighted by Crippen LogP contribution is -2.39. The summed E-state index contributed by atoms with van der Waals surface area (Å²) in [6.07, 6.45) is 8.27. The number of aromatic nitrogens is 1. The molecule has 1 aromatic heterocycles. The van der Waals surface area contributed by atoms with E-state index in [1.165, 1.54) is 19.1 Å². The van der Waals surface area contributed by atoms with E-state index in [4.69, 9.17) is 179 Å². The van der Waals surface area contributed by atoms with Gasteiger partial charge < -0.3 is 189 Å². The number of aliphatic imine (C=N–C) groups is 1. The fourth-order valence-corrected chi connectivity index (χ4v) is 8.07. The van der Waals surface area contributed by atoms with Gasteiger partial charge in [0.2, 0.25) is 5.91 Å². The molecule has 0 aliphatic carbocycles. The monoisotopic (exact) mass is 1900 g/mol. The van der Waals surface area contributed by atoms with E-state index in [9.17, 15) is 71.9 Å². The fourth-order valence-electron chi connectivity index (χ4n) is 7.58. The Morgan fingerprint density at radius 1 is 0.420 bits per heavy atom. The van der Waals surface area contributed by atoms with Crippen molar-refractivity contribution in [2.45, 2.75) is 223 Å². The lowest BCUT2D eigenvalue weighted by molar-refractivity contribution is -0.141. The van der Waals surface area contributed by atoms with Crippen LogP contribution in [-0.4, -0.2) is 304 Å². The van der Waals surface area contributed by atoms with Crippen LogP contribution in [0.2, 0.25) is 0 Å². The molecule has 3 aromatic carbocycles. The number of benzene rings is 3. The summed E-state index contributed by atoms with van der Waals surface area (Å²) in [5, 5.41) is 142. The molecule has 0 radical (unpaired) electrons. The van der Waals surface area contributed by atoms with Crippen LogP contribution in [0.4, 0.5) is 0 Å². The van der Waals surface area contributed by atoms with Crippen molar-refractivity contribution in [2.24, 2.45) is 120 Å². The number of phenolic OH excluding ortho intramolecular Hbond substituents is 1. The van der Waals surface area contributed by atoms with E-state index in [-0.39, 0.29) is 49.2 Å². The number of aliphatic hydroxyl groups excluding tert-OH is 2. The zero-order valence-electron chi connectivity index (χ0n) is 74.5. The quantitative estimate of drug-likeness (QED) is 0.0114. The second-order valence-corrected chi connectivity index (χ2v) is 29.4. The van der Waals surface area contributed by atoms with Crippen LogP contribution in [-0.2, 0) is 91.2 Å². The van der Waals surface area contributed by atoms with E-state index in [0.717, 1.165) is 52.6 Å². The van der Waals surface area contributed by atoms with E-state index >= 15 is 0 Å². The molecule has 0 aliphatic heterocycles. The highest BCUT2D eigenvalue weighted by molar-refractivity contribution is 7.98. The Labute approximate surface area is 761 Å². The van der Waals surface area contributed by atoms with Gasteiger partial charge in [0.1, 0.15) is 84.3 Å². The predicted octanol–water partition coefficient (Wildman–Crippen LogP) is -4.11. The summed E-state index contributed by atoms with van der Waals surface area (Å²) in [4.78, 5) is 158. The Hall–Kier alpha value is -12.0. The number of hydrogen-bond acceptors (Lipinski definition) is 34. The molecule has 51 nitrogen and oxygen atoms in total. The van der Waals surface area contributed by atoms with E-state index in [2.05, 4.69) is 15.7 Å². The Kier molecular flexibility index (Phi) is 86.2. The first-order chi connectivity index (χ1) is 60.4. The molecule has 0 spiro atoms. The molecule has 52 heteroatoms. The number of rotatable bonds is 42. The Bertz CT molecular complexity index is 3870. The number of thioether (sulfide) groups is 1. The summed E-state index contributed by atoms with van der Waals surface area (Å²) in [6, 6.07) is 12.1. The highest BCUT2D eigenvalue weighted by Gasteiger charge is 2.22. The number of amides is 1. The van der Waals surface area contributed by atoms with E-state index in [0.29, 0.717) is 64.0 Å². The number of nitrogens with one attached hydrogen (secondary N) is 1. The molecule has 0 saturated heterocycles. The summed E-state index contributed by atoms with van der Waals surface area (Å²) in [5.74, 6) is -13.6. The Morgan fingerprint density at radius 2 is 0.794 bits per heavy atom. The van der Waals surface area contributed by atoms with Crippen LogP contribution in [0.25, 0.3) is 10.9 Å². The summed E-state index contributed by atoms with van der Waals surface area (Å²) >= 11 is 1.60. The van der Waals surface area contributed by atoms with Crippen LogP contribution < -0.4 is 97.5 Å². The third-order valence-corrected chi connectivity index (χ3v) is 16.6. The maximum absolute atomic E-state index is 10.6. The van der Waals surface area contributed by atoms with Crippen molar-refractivity contribution >= 4 is 118 Å². The van der Waals surface area contributed by atoms with Crippen molar-refractivity contribution in [3.05, 3.63) is 102 Å². The number of aromatic amines is 1. The highest BCUT2D eigenvalue weighted by atomic mass is 32.2. The van der Waals surface area contributed by atoms with Gasteiger partial charge in [-0.15, -0.1) is 0 Å². The standard InChI is InChI=1S/C11H12N2O2.C9H11NO3.C9H11NO2.C6H14N4O2.C6H14N2O2.2C6H13NO2.C5H9NO4.C5H11NO2S.C5H11NO2.C4H8N2O3.C4H9NO3.C3H7NO3/c12-9(11(14)15)5-7-6-13-10-4-2-1-3-8(7)10;10-8(9(12)13)5-6-1-3-7(11)4-2-6;10-8(9(11)12)6-7-4-2-1-3-5-7;7-4(5(11)12)2-1-3-10-6(8)9;7-4-2-1-3-5(8)6(9)10;1-4(2)3-5(7)6(8)9;1-3-4(2)5(7)6(8)9;6-3(5(9)10)1-2-4(7)8;1-9-3-2-4(6)5(7)8;1-3(2)4(6)5(7)8;5-2(4(8)9)1-3(6)7;1-2(6)3(5)4(7)8;4-2(1-5)3(6)7/h1-4,6,9,13H,5,12H2,(H,14,15);1-4,8,11H,5,10H2,(H,12,13);1-5,8H,6,10H2,(H,11,12);4H,1-3,7H2,(H,11,12)(H4,8,9,10);5H,1-4,7-8H2,(H,9,10);2*4-5H,3,7H2,1-2H3,(H,8,9);3H,1-2,6H2,(H,7,8)(H,9,10);4H,2-3,6H2,1H3,(H,7,8);3-4H,6H2,1-2H3,(H,7,8);2H,1,5H2,(H2,6,7)(H,8,9);2-3,6H,5H2,1H3,(H,7,8);2,5H,1,4H2,(H,6,7)/t9-;2*8-;4-;2*5-;4-,5-;3-;2*4-;2-;2-,3+;2-/m0000000000010/s1. The number of carboxylic acid groups (broad SMARTS) is 14. The predicted molar refractivity (Wildman–Crippen MR) is 486 cm³/mol. The smallest absolute Gasteiger partial charge is 0.323 e. The minimum atomic E-state index is -1.21. The number of guanidine groups is 1. The number of carboxylic acids is 14. The third kappa shape index (κ3) is 87.2. The van der Waals surface area contributed by atoms with Gasteiger partial charge in [-0.25, -0.2) is 0 Å². The molecule has 0 unspecified atom stereocenters. The van der Waals surface area contributed by atoms with Crippen LogP contribution in [0, 0.1) is 17.8 Å². The molecular weight excluding hydrogens is 1760 g/mol. The zero-order valence-corrected chi connectivity index (χ0v) is 75.3. The van der Waals surface area contributed by atoms with Gasteiger partial charge in [0.15, 0.2) is 5.96 Å². The molecule has 52 N–H and O–H groups in total. The topological polar surface area (TPSA) is 1070 Å². The molecule has 4 aromatic rings. The largest absolute Gasteiger partial charge is 0.508 e. The number of nitrogens with zero attached hydrogens (tertiary/aromatic N) is 1. The number of nitrogens with two attached hydrogens (primary N) is 17. The number of aliphatic hydroxyl groups is 2. The number of H-pyrrole nitrogens is 1. The van der Waals surface area contributed by atoms with Gasteiger partial charge in [-0.1, -0.05) is 115 Å². The van der Waals surface area contributed by atoms with Gasteiger partial charge in [0.25, 0.3) is 0 Å². The number of unbranched alkanes of at least 4 members (excludes halogenated alkanes) is 1. The number of primary amides is 1. The SMILES string of the molecule is CC(C)C[C@H](N)C(=O)O.CC(C)[C@H](N)C(=O)O.CC[C@H](C)[C@H](N)C(=O)O.CSCC[C@H](N)C(=O)O.C[C@@H](O)[C@H](N)C(=O)O.NC(=O)C[C@H](N)C(=O)O.NC(N)=NCCC[C@H](N)C(=O)O.NCCCC[C@H](N)C(=O)O.N[C@@H](CCC(=O)O)C(=O)O.N[C@@H](CO)C(=O)O.N[C@@H](Cc1c[nH]c2ccccc12)C(=O)O.N[C@@H](Cc1ccc(O)cc1)C(=O)O.N[C@@H](Cc1ccccc1)C(=O)O. The van der Waals surface area contributed by atoms with Crippen LogP contribution in [0.3, 0.4) is 0 Å². The van der Waals surface area contributed by atoms with Crippen LogP contribution in [0.5, 0.6) is 5.75 Å². The minimum Gasteiger partial charge on any atom is -0.508 e. The van der Waals surface area contributed by atoms with Crippen LogP contribution in [0.1, 0.15) is 136 Å². The molecule has 4 rings (SSSR count). The average molecular weight is 1900 g/mol. The average Bonchev–Trinajstić information content (AvgIpc) is 1.69. The first-order valence-electron chi connectivity index (χ1n) is 39.6. The van der Waals surface area contributed by atoms with E-state index < -0.39 is 181 Å². The van der Waals surface area contributed by atoms with Gasteiger partial charge >= 0.3 is 83.6 Å². The number of aliphatic carboxylic acids is 14. The number of hydrogen-bond donors (Lipinski definition) is 35. The maximum Gasteiger partial charge on any atom is 0.323 e. The summed E-state index contributed by atoms with van der Waals surface area (Å²) in [5.41, 5.74) is 90.7. The Balaban J connectivity index is -0.000000177. The molecule has 1 heterocycles. The first-order valence-corrected chi connectivity index (χ1v) is 41.0. The molecule has 0 saturated carbocycles. The zero-order chi connectivity index (χ0) is 104. The van der Waals surface area contributed by atoms with Gasteiger partial charge in [-0.2, -0.15) is 11.8 Å². The van der Waals surface area contributed by atoms with Gasteiger partial charge in [-0.05, 0) is 136 Å². The molecule has 0 fully saturated rings. The van der Waals surface area contributed by atoms with Crippen LogP contribution >= 0.6 is 11.8 Å². The summed E-state index contributed by atoms with van der Waals surface area (Å²) < 4.78 is 0. The molecule has 752 valence electrons. The number of para-hydroxylation sites is 1. The fraction of sp³-hybridized carbons (Fsp3) is 0.544. The normalized spacial score (nSPS) is 13.4. The number of aromatic hydroxyl groups is 1. The molecule has 0 aliphatic rings. The number of carbonyl (C=O) groups excluding carboxylic acids is 1. The first kappa shape index (κ1) is 137. The van der Waals surface area contributed by atoms with E-state index in [1.54, 1.807) is 37.7 Å². The van der Waals surface area contributed by atoms with Gasteiger partial charge in [0.05, 0.1) is 19.1 Å². The van der Waals surface area contributed by atoms with E-state index in [1.807, 2.05) is 94.7 Å². The van der Waals surface area contributed by atoms with Gasteiger partial charge in [0, 0.05) is 36.5 Å². The second-order valence-electron chi connectivity index (χ2n) is 28.5. The minimum absolute atomic E-state index is 0.0129. The van der Waals surface area contributed by atoms with Crippen molar-refractivity contribution in [1.82, 2.24) is 4.98 Å².